The summed E-state index contributed by atoms with van der Waals surface area (Å²) < 4.78 is 26.4. The molecule has 0 atom stereocenters. The number of rotatable bonds is 4. The fourth-order valence-electron chi connectivity index (χ4n) is 2.49. The summed E-state index contributed by atoms with van der Waals surface area (Å²) in [4.78, 5) is 12.3. The van der Waals surface area contributed by atoms with E-state index in [-0.39, 0.29) is 11.6 Å². The van der Waals surface area contributed by atoms with Crippen LogP contribution in [0.5, 0.6) is 0 Å². The van der Waals surface area contributed by atoms with E-state index in [0.717, 1.165) is 0 Å². The van der Waals surface area contributed by atoms with Crippen molar-refractivity contribution >= 4 is 11.7 Å². The molecule has 3 aromatic carbocycles. The van der Waals surface area contributed by atoms with Crippen LogP contribution in [0.25, 0.3) is 0 Å². The minimum absolute atomic E-state index is 0.365. The molecule has 0 spiro atoms. The van der Waals surface area contributed by atoms with Gasteiger partial charge >= 0.3 is 6.03 Å². The molecule has 0 saturated carbocycles. The molecule has 2 N–H and O–H groups in total. The number of benzene rings is 3. The van der Waals surface area contributed by atoms with Crippen LogP contribution >= 0.6 is 0 Å². The number of nitrogens with one attached hydrogen (secondary N) is 2. The molecule has 3 aromatic rings. The Labute approximate surface area is 144 Å². The summed E-state index contributed by atoms with van der Waals surface area (Å²) in [5.74, 6) is -0.731. The van der Waals surface area contributed by atoms with Gasteiger partial charge in [0.2, 0.25) is 0 Å². The molecule has 25 heavy (non-hydrogen) atoms. The number of para-hydroxylation sites is 1. The third-order valence-corrected chi connectivity index (χ3v) is 3.71. The highest BCUT2D eigenvalue weighted by atomic mass is 19.1. The molecule has 0 fully saturated rings. The predicted molar refractivity (Wildman–Crippen MR) is 93.2 cm³/mol. The lowest BCUT2D eigenvalue weighted by molar-refractivity contribution is 0.250. The van der Waals surface area contributed by atoms with E-state index in [2.05, 4.69) is 10.6 Å². The van der Waals surface area contributed by atoms with Gasteiger partial charge in [-0.05, 0) is 47.5 Å². The first-order valence-corrected chi connectivity index (χ1v) is 7.75. The molecule has 2 amide bonds. The fourth-order valence-corrected chi connectivity index (χ4v) is 2.49. The summed E-state index contributed by atoms with van der Waals surface area (Å²) in [7, 11) is 0. The SMILES string of the molecule is O=C(Nc1ccccc1)NC(c1ccc(F)cc1)c1ccc(F)cc1. The summed E-state index contributed by atoms with van der Waals surface area (Å²) in [6.07, 6.45) is 0. The van der Waals surface area contributed by atoms with Crippen LogP contribution in [-0.4, -0.2) is 6.03 Å². The smallest absolute Gasteiger partial charge is 0.319 e. The summed E-state index contributed by atoms with van der Waals surface area (Å²) in [5, 5.41) is 5.58. The van der Waals surface area contributed by atoms with Crippen LogP contribution in [0.2, 0.25) is 0 Å². The van der Waals surface area contributed by atoms with Crippen LogP contribution in [0.4, 0.5) is 19.3 Å². The summed E-state index contributed by atoms with van der Waals surface area (Å²) in [6.45, 7) is 0. The zero-order chi connectivity index (χ0) is 17.6. The van der Waals surface area contributed by atoms with Crippen LogP contribution in [0.15, 0.2) is 78.9 Å². The average molecular weight is 338 g/mol. The topological polar surface area (TPSA) is 41.1 Å². The van der Waals surface area contributed by atoms with Gasteiger partial charge in [-0.1, -0.05) is 42.5 Å². The second-order valence-corrected chi connectivity index (χ2v) is 5.50. The van der Waals surface area contributed by atoms with E-state index >= 15 is 0 Å². The molecule has 3 rings (SSSR count). The molecule has 0 saturated heterocycles. The molecule has 0 aliphatic heterocycles. The number of carbonyl (C=O) groups is 1. The van der Waals surface area contributed by atoms with Crippen molar-refractivity contribution in [1.29, 1.82) is 0 Å². The predicted octanol–water partition coefficient (Wildman–Crippen LogP) is 4.88. The minimum Gasteiger partial charge on any atom is -0.327 e. The zero-order valence-electron chi connectivity index (χ0n) is 13.2. The van der Waals surface area contributed by atoms with E-state index in [1.54, 1.807) is 36.4 Å². The van der Waals surface area contributed by atoms with Gasteiger partial charge in [0.1, 0.15) is 11.6 Å². The number of urea groups is 1. The average Bonchev–Trinajstić information content (AvgIpc) is 2.62. The van der Waals surface area contributed by atoms with E-state index in [1.807, 2.05) is 18.2 Å². The van der Waals surface area contributed by atoms with E-state index in [4.69, 9.17) is 0 Å². The van der Waals surface area contributed by atoms with Gasteiger partial charge in [-0.2, -0.15) is 0 Å². The van der Waals surface area contributed by atoms with Crippen LogP contribution in [0.3, 0.4) is 0 Å². The first-order chi connectivity index (χ1) is 12.1. The Kier molecular flexibility index (Phi) is 5.04. The minimum atomic E-state index is -0.537. The molecule has 0 heterocycles. The van der Waals surface area contributed by atoms with Gasteiger partial charge in [-0.15, -0.1) is 0 Å². The highest BCUT2D eigenvalue weighted by molar-refractivity contribution is 5.89. The third-order valence-electron chi connectivity index (χ3n) is 3.71. The van der Waals surface area contributed by atoms with Crippen LogP contribution in [0, 0.1) is 11.6 Å². The number of halogens is 2. The van der Waals surface area contributed by atoms with E-state index in [1.165, 1.54) is 24.3 Å². The van der Waals surface area contributed by atoms with Gasteiger partial charge in [-0.25, -0.2) is 13.6 Å². The van der Waals surface area contributed by atoms with Crippen molar-refractivity contribution in [3.8, 4) is 0 Å². The standard InChI is InChI=1S/C20H16F2N2O/c21-16-10-6-14(7-11-16)19(15-8-12-17(22)13-9-15)24-20(25)23-18-4-2-1-3-5-18/h1-13,19H,(H2,23,24,25). The molecule has 0 unspecified atom stereocenters. The number of hydrogen-bond acceptors (Lipinski definition) is 1. The largest absolute Gasteiger partial charge is 0.327 e. The van der Waals surface area contributed by atoms with Crippen LogP contribution in [-0.2, 0) is 0 Å². The lowest BCUT2D eigenvalue weighted by atomic mass is 9.99. The Morgan fingerprint density at radius 2 is 1.20 bits per heavy atom. The van der Waals surface area contributed by atoms with E-state index in [9.17, 15) is 13.6 Å². The van der Waals surface area contributed by atoms with Gasteiger partial charge in [0, 0.05) is 5.69 Å². The highest BCUT2D eigenvalue weighted by Gasteiger charge is 2.17. The highest BCUT2D eigenvalue weighted by Crippen LogP contribution is 2.23. The van der Waals surface area contributed by atoms with Crippen LogP contribution in [0.1, 0.15) is 17.2 Å². The van der Waals surface area contributed by atoms with Crippen LogP contribution < -0.4 is 10.6 Å². The second kappa shape index (κ2) is 7.57. The van der Waals surface area contributed by atoms with Crippen molar-refractivity contribution in [2.75, 3.05) is 5.32 Å². The first-order valence-electron chi connectivity index (χ1n) is 7.75. The van der Waals surface area contributed by atoms with Gasteiger partial charge in [0.15, 0.2) is 0 Å². The third kappa shape index (κ3) is 4.41. The van der Waals surface area contributed by atoms with Gasteiger partial charge in [-0.3, -0.25) is 0 Å². The Bertz CT molecular complexity index is 788. The maximum absolute atomic E-state index is 13.2. The number of anilines is 1. The molecular formula is C20H16F2N2O. The molecule has 0 aliphatic carbocycles. The van der Waals surface area contributed by atoms with E-state index < -0.39 is 12.1 Å². The van der Waals surface area contributed by atoms with Crippen molar-refractivity contribution in [1.82, 2.24) is 5.32 Å². The van der Waals surface area contributed by atoms with Gasteiger partial charge < -0.3 is 10.6 Å². The Morgan fingerprint density at radius 1 is 0.720 bits per heavy atom. The fraction of sp³-hybridized carbons (Fsp3) is 0.0500. The molecule has 5 heteroatoms. The quantitative estimate of drug-likeness (QED) is 0.700. The Hall–Kier alpha value is -3.21. The van der Waals surface area contributed by atoms with Crippen molar-refractivity contribution in [2.45, 2.75) is 6.04 Å². The van der Waals surface area contributed by atoms with Gasteiger partial charge in [0.05, 0.1) is 6.04 Å². The molecule has 0 aromatic heterocycles. The van der Waals surface area contributed by atoms with E-state index in [0.29, 0.717) is 16.8 Å². The second-order valence-electron chi connectivity index (χ2n) is 5.50. The Morgan fingerprint density at radius 3 is 1.68 bits per heavy atom. The number of carbonyl (C=O) groups excluding carboxylic acids is 1. The maximum Gasteiger partial charge on any atom is 0.319 e. The number of amides is 2. The zero-order valence-corrected chi connectivity index (χ0v) is 13.2. The van der Waals surface area contributed by atoms with Crippen molar-refractivity contribution in [2.24, 2.45) is 0 Å². The molecule has 3 nitrogen and oxygen atoms in total. The normalized spacial score (nSPS) is 10.5. The van der Waals surface area contributed by atoms with Crippen molar-refractivity contribution < 1.29 is 13.6 Å². The summed E-state index contributed by atoms with van der Waals surface area (Å²) in [6, 6.07) is 19.7. The monoisotopic (exact) mass is 338 g/mol. The maximum atomic E-state index is 13.2. The summed E-state index contributed by atoms with van der Waals surface area (Å²) in [5.41, 5.74) is 2.03. The molecule has 0 bridgehead atoms. The van der Waals surface area contributed by atoms with Crippen molar-refractivity contribution in [3.63, 3.8) is 0 Å². The summed E-state index contributed by atoms with van der Waals surface area (Å²) >= 11 is 0. The Balaban J connectivity index is 1.84. The van der Waals surface area contributed by atoms with Gasteiger partial charge in [0.25, 0.3) is 0 Å². The molecule has 0 aliphatic rings. The first kappa shape index (κ1) is 16.6. The number of hydrogen-bond donors (Lipinski definition) is 2. The molecule has 0 radical (unpaired) electrons. The van der Waals surface area contributed by atoms with Crippen molar-refractivity contribution in [3.05, 3.63) is 102 Å². The molecule has 126 valence electrons. The molecular weight excluding hydrogens is 322 g/mol. The lowest BCUT2D eigenvalue weighted by Crippen LogP contribution is -2.33. The lowest BCUT2D eigenvalue weighted by Gasteiger charge is -2.20.